The van der Waals surface area contributed by atoms with Crippen molar-refractivity contribution in [2.24, 2.45) is 0 Å². The molecule has 1 amide bonds. The zero-order chi connectivity index (χ0) is 40.1. The van der Waals surface area contributed by atoms with Crippen molar-refractivity contribution < 1.29 is 28.1 Å². The van der Waals surface area contributed by atoms with Crippen LogP contribution in [0.2, 0.25) is 0 Å². The van der Waals surface area contributed by atoms with Crippen LogP contribution in [0, 0.1) is 31.0 Å². The van der Waals surface area contributed by atoms with Gasteiger partial charge in [0.25, 0.3) is 5.91 Å². The topological polar surface area (TPSA) is 156 Å². The van der Waals surface area contributed by atoms with Gasteiger partial charge in [-0.3, -0.25) is 14.5 Å². The molecule has 4 heterocycles. The fraction of sp³-hybridized carbons (Fsp3) is 0.238. The summed E-state index contributed by atoms with van der Waals surface area (Å²) in [7, 11) is 4.66. The SMILES string of the molecule is COc1ccc(Cn2c(-c3c(F)c(C(=O)NCc4ccc(OC)cc4OC)n4cc(C)ncc34)nnc2-c2c(OCc3ccccc3)c(C)nn2CCC#N)cc1. The number of hydrogen-bond donors (Lipinski definition) is 1. The maximum atomic E-state index is 17.3. The number of aryl methyl sites for hydroxylation is 3. The van der Waals surface area contributed by atoms with E-state index >= 15 is 4.39 Å². The van der Waals surface area contributed by atoms with Crippen LogP contribution < -0.4 is 24.3 Å². The molecule has 15 heteroatoms. The number of nitrogens with one attached hydrogen (secondary N) is 1. The summed E-state index contributed by atoms with van der Waals surface area (Å²) < 4.78 is 44.8. The van der Waals surface area contributed by atoms with Gasteiger partial charge < -0.3 is 33.2 Å². The Bertz CT molecular complexity index is 2590. The van der Waals surface area contributed by atoms with Crippen LogP contribution in [-0.4, -0.2) is 61.2 Å². The van der Waals surface area contributed by atoms with Gasteiger partial charge in [0.05, 0.1) is 69.9 Å². The molecule has 0 aliphatic carbocycles. The number of rotatable bonds is 15. The zero-order valence-corrected chi connectivity index (χ0v) is 32.1. The number of benzene rings is 3. The summed E-state index contributed by atoms with van der Waals surface area (Å²) in [6, 6.07) is 24.6. The first-order chi connectivity index (χ1) is 27.7. The Kier molecular flexibility index (Phi) is 11.1. The molecule has 0 radical (unpaired) electrons. The van der Waals surface area contributed by atoms with Crippen LogP contribution in [0.5, 0.6) is 23.0 Å². The summed E-state index contributed by atoms with van der Waals surface area (Å²) >= 11 is 0. The molecule has 0 aliphatic rings. The predicted molar refractivity (Wildman–Crippen MR) is 209 cm³/mol. The number of amides is 1. The Hall–Kier alpha value is -7.21. The highest BCUT2D eigenvalue weighted by atomic mass is 19.1. The van der Waals surface area contributed by atoms with Gasteiger partial charge in [-0.2, -0.15) is 10.4 Å². The maximum absolute atomic E-state index is 17.3. The Morgan fingerprint density at radius 1 is 0.912 bits per heavy atom. The highest BCUT2D eigenvalue weighted by Gasteiger charge is 2.32. The van der Waals surface area contributed by atoms with E-state index in [0.29, 0.717) is 57.0 Å². The van der Waals surface area contributed by atoms with E-state index in [2.05, 4.69) is 26.6 Å². The molecule has 7 rings (SSSR count). The molecule has 3 aromatic carbocycles. The molecule has 14 nitrogen and oxygen atoms in total. The molecule has 0 unspecified atom stereocenters. The molecule has 0 atom stereocenters. The van der Waals surface area contributed by atoms with Crippen LogP contribution in [0.3, 0.4) is 0 Å². The van der Waals surface area contributed by atoms with Crippen molar-refractivity contribution in [2.75, 3.05) is 21.3 Å². The Labute approximate surface area is 328 Å². The number of hydrogen-bond acceptors (Lipinski definition) is 10. The summed E-state index contributed by atoms with van der Waals surface area (Å²) in [5.74, 6) is 1.18. The van der Waals surface area contributed by atoms with Crippen molar-refractivity contribution in [1.82, 2.24) is 39.2 Å². The fourth-order valence-corrected chi connectivity index (χ4v) is 6.63. The standard InChI is InChI=1S/C42H40FN9O5/c1-26-23-50-33(22-45-26)35(36(43)37(50)42(53)46-21-30-14-17-32(55-4)20-34(30)56-5)40-47-48-41(51(40)24-28-12-15-31(54-3)16-13-28)38-39(27(2)49-52(38)19-9-18-44)57-25-29-10-7-6-8-11-29/h6-8,10-17,20,22-23H,9,19,21,24-25H2,1-5H3,(H,46,53). The van der Waals surface area contributed by atoms with Gasteiger partial charge in [0.1, 0.15) is 40.9 Å². The van der Waals surface area contributed by atoms with Gasteiger partial charge in [-0.1, -0.05) is 42.5 Å². The van der Waals surface area contributed by atoms with Crippen LogP contribution in [0.15, 0.2) is 85.2 Å². The molecule has 0 saturated carbocycles. The minimum absolute atomic E-state index is 0.0218. The van der Waals surface area contributed by atoms with Gasteiger partial charge in [0.15, 0.2) is 23.2 Å². The van der Waals surface area contributed by atoms with Gasteiger partial charge in [-0.15, -0.1) is 10.2 Å². The maximum Gasteiger partial charge on any atom is 0.271 e. The molecule has 4 aromatic heterocycles. The van der Waals surface area contributed by atoms with Crippen molar-refractivity contribution in [3.8, 4) is 52.0 Å². The largest absolute Gasteiger partial charge is 0.497 e. The Balaban J connectivity index is 1.38. The minimum atomic E-state index is -0.814. The van der Waals surface area contributed by atoms with Gasteiger partial charge in [0, 0.05) is 24.4 Å². The van der Waals surface area contributed by atoms with Gasteiger partial charge >= 0.3 is 0 Å². The van der Waals surface area contributed by atoms with Crippen LogP contribution in [0.25, 0.3) is 28.4 Å². The highest BCUT2D eigenvalue weighted by Crippen LogP contribution is 2.38. The lowest BCUT2D eigenvalue weighted by Gasteiger charge is -2.14. The van der Waals surface area contributed by atoms with E-state index in [0.717, 1.165) is 11.1 Å². The smallest absolute Gasteiger partial charge is 0.271 e. The number of ether oxygens (including phenoxy) is 4. The van der Waals surface area contributed by atoms with Gasteiger partial charge in [0.2, 0.25) is 0 Å². The first kappa shape index (κ1) is 38.1. The molecule has 1 N–H and O–H groups in total. The number of nitriles is 1. The van der Waals surface area contributed by atoms with Crippen LogP contribution >= 0.6 is 0 Å². The zero-order valence-electron chi connectivity index (χ0n) is 32.1. The first-order valence-electron chi connectivity index (χ1n) is 18.1. The van der Waals surface area contributed by atoms with E-state index in [9.17, 15) is 10.1 Å². The van der Waals surface area contributed by atoms with Gasteiger partial charge in [-0.25, -0.2) is 4.39 Å². The second-order valence-corrected chi connectivity index (χ2v) is 13.1. The molecule has 0 aliphatic heterocycles. The summed E-state index contributed by atoms with van der Waals surface area (Å²) in [4.78, 5) is 18.5. The summed E-state index contributed by atoms with van der Waals surface area (Å²) in [6.07, 6.45) is 3.28. The molecule has 0 saturated heterocycles. The fourth-order valence-electron chi connectivity index (χ4n) is 6.63. The number of halogens is 1. The number of carbonyl (C=O) groups is 1. The van der Waals surface area contributed by atoms with E-state index < -0.39 is 11.7 Å². The number of methoxy groups -OCH3 is 3. The molecule has 290 valence electrons. The monoisotopic (exact) mass is 769 g/mol. The number of fused-ring (bicyclic) bond motifs is 1. The van der Waals surface area contributed by atoms with Gasteiger partial charge in [-0.05, 0) is 49.2 Å². The third-order valence-corrected chi connectivity index (χ3v) is 9.46. The van der Waals surface area contributed by atoms with Crippen molar-refractivity contribution >= 4 is 11.4 Å². The average Bonchev–Trinajstić information content (AvgIpc) is 3.87. The highest BCUT2D eigenvalue weighted by molar-refractivity contribution is 5.98. The average molecular weight is 770 g/mol. The molecule has 57 heavy (non-hydrogen) atoms. The number of carbonyl (C=O) groups excluding carboxylic acids is 1. The Morgan fingerprint density at radius 2 is 1.65 bits per heavy atom. The molecular weight excluding hydrogens is 730 g/mol. The van der Waals surface area contributed by atoms with Crippen molar-refractivity contribution in [3.05, 3.63) is 125 Å². The van der Waals surface area contributed by atoms with Crippen molar-refractivity contribution in [2.45, 2.75) is 46.5 Å². The van der Waals surface area contributed by atoms with E-state index in [1.54, 1.807) is 54.8 Å². The molecule has 0 fully saturated rings. The van der Waals surface area contributed by atoms with E-state index in [4.69, 9.17) is 24.0 Å². The predicted octanol–water partition coefficient (Wildman–Crippen LogP) is 6.71. The molecule has 0 spiro atoms. The second-order valence-electron chi connectivity index (χ2n) is 13.1. The molecular formula is C42H40FN9O5. The Morgan fingerprint density at radius 3 is 2.37 bits per heavy atom. The normalized spacial score (nSPS) is 11.0. The quantitative estimate of drug-likeness (QED) is 0.119. The summed E-state index contributed by atoms with van der Waals surface area (Å²) in [6.45, 7) is 4.28. The number of nitrogens with zero attached hydrogens (tertiary/aromatic N) is 8. The molecule has 7 aromatic rings. The third kappa shape index (κ3) is 7.70. The lowest BCUT2D eigenvalue weighted by Crippen LogP contribution is -2.25. The lowest BCUT2D eigenvalue weighted by atomic mass is 10.1. The lowest BCUT2D eigenvalue weighted by molar-refractivity contribution is 0.0940. The van der Waals surface area contributed by atoms with Crippen molar-refractivity contribution in [3.63, 3.8) is 0 Å². The summed E-state index contributed by atoms with van der Waals surface area (Å²) in [5.41, 5.74) is 4.13. The van der Waals surface area contributed by atoms with Crippen LogP contribution in [0.4, 0.5) is 4.39 Å². The van der Waals surface area contributed by atoms with Crippen LogP contribution in [0.1, 0.15) is 45.0 Å². The first-order valence-corrected chi connectivity index (χ1v) is 18.1. The summed E-state index contributed by atoms with van der Waals surface area (Å²) in [5, 5.41) is 26.4. The third-order valence-electron chi connectivity index (χ3n) is 9.46. The van der Waals surface area contributed by atoms with E-state index in [-0.39, 0.29) is 49.7 Å². The minimum Gasteiger partial charge on any atom is -0.497 e. The van der Waals surface area contributed by atoms with Crippen LogP contribution in [-0.2, 0) is 26.2 Å². The van der Waals surface area contributed by atoms with E-state index in [1.807, 2.05) is 61.5 Å². The van der Waals surface area contributed by atoms with Crippen molar-refractivity contribution in [1.29, 1.82) is 5.26 Å². The van der Waals surface area contributed by atoms with E-state index in [1.165, 1.54) is 17.7 Å². The second kappa shape index (κ2) is 16.7. The molecule has 0 bridgehead atoms. The number of aromatic nitrogens is 7.